The van der Waals surface area contributed by atoms with Crippen LogP contribution in [-0.2, 0) is 17.3 Å². The Morgan fingerprint density at radius 3 is 2.40 bits per heavy atom. The maximum Gasteiger partial charge on any atom is 0.416 e. The smallest absolute Gasteiger partial charge is 0.378 e. The van der Waals surface area contributed by atoms with Crippen molar-refractivity contribution in [3.05, 3.63) is 101 Å². The number of anilines is 1. The maximum atomic E-state index is 13.5. The molecule has 4 atom stereocenters. The molecule has 1 saturated heterocycles. The molecule has 0 unspecified atom stereocenters. The molecule has 0 saturated carbocycles. The standard InChI is InChI=1S/C29H31F3N2O/c30-29(31,32)22-13-16-26-25(18-22)28-24(27(34-26)21-11-5-2-6-12-21)15-14-23(35-28)19-33-17-7-10-20-8-3-1-4-9-20/h1-6,8-9,11-13,16,18,23-24,27-28,33-34H,7,10,14-15,17,19H2/t23-,24+,27+,28+/m1/s1. The molecule has 0 aliphatic carbocycles. The summed E-state index contributed by atoms with van der Waals surface area (Å²) >= 11 is 0. The van der Waals surface area contributed by atoms with Crippen molar-refractivity contribution >= 4 is 5.69 Å². The summed E-state index contributed by atoms with van der Waals surface area (Å²) < 4.78 is 47.0. The van der Waals surface area contributed by atoms with E-state index in [1.54, 1.807) is 6.07 Å². The van der Waals surface area contributed by atoms with Crippen LogP contribution in [0.2, 0.25) is 0 Å². The number of hydrogen-bond acceptors (Lipinski definition) is 3. The Labute approximate surface area is 204 Å². The molecule has 0 spiro atoms. The van der Waals surface area contributed by atoms with Crippen molar-refractivity contribution in [3.63, 3.8) is 0 Å². The highest BCUT2D eigenvalue weighted by Gasteiger charge is 2.43. The first kappa shape index (κ1) is 23.9. The minimum Gasteiger partial charge on any atom is -0.378 e. The fraction of sp³-hybridized carbons (Fsp3) is 0.379. The molecular weight excluding hydrogens is 449 g/mol. The van der Waals surface area contributed by atoms with Crippen LogP contribution >= 0.6 is 0 Å². The van der Waals surface area contributed by atoms with E-state index in [0.29, 0.717) is 12.1 Å². The summed E-state index contributed by atoms with van der Waals surface area (Å²) in [7, 11) is 0. The Hall–Kier alpha value is -2.83. The summed E-state index contributed by atoms with van der Waals surface area (Å²) in [5.74, 6) is 0.0720. The molecule has 2 aliphatic heterocycles. The minimum absolute atomic E-state index is 0.00483. The number of halogens is 3. The number of fused-ring (bicyclic) bond motifs is 3. The van der Waals surface area contributed by atoms with E-state index in [2.05, 4.69) is 47.0 Å². The van der Waals surface area contributed by atoms with Gasteiger partial charge < -0.3 is 15.4 Å². The topological polar surface area (TPSA) is 33.3 Å². The third kappa shape index (κ3) is 5.54. The average Bonchev–Trinajstić information content (AvgIpc) is 2.88. The first-order valence-electron chi connectivity index (χ1n) is 12.4. The molecule has 1 fully saturated rings. The highest BCUT2D eigenvalue weighted by Crippen LogP contribution is 2.51. The zero-order valence-corrected chi connectivity index (χ0v) is 19.6. The second-order valence-corrected chi connectivity index (χ2v) is 9.55. The number of hydrogen-bond donors (Lipinski definition) is 2. The molecule has 3 aromatic rings. The van der Waals surface area contributed by atoms with Crippen LogP contribution in [0.25, 0.3) is 0 Å². The number of rotatable bonds is 7. The highest BCUT2D eigenvalue weighted by atomic mass is 19.4. The van der Waals surface area contributed by atoms with E-state index >= 15 is 0 Å². The number of nitrogens with one attached hydrogen (secondary N) is 2. The molecule has 2 heterocycles. The van der Waals surface area contributed by atoms with Crippen LogP contribution in [-0.4, -0.2) is 19.2 Å². The van der Waals surface area contributed by atoms with Gasteiger partial charge in [-0.25, -0.2) is 0 Å². The molecule has 6 heteroatoms. The fourth-order valence-electron chi connectivity index (χ4n) is 5.40. The Bertz CT molecular complexity index is 1100. The van der Waals surface area contributed by atoms with Gasteiger partial charge in [0.05, 0.1) is 23.8 Å². The van der Waals surface area contributed by atoms with E-state index in [4.69, 9.17) is 4.74 Å². The number of ether oxygens (including phenoxy) is 1. The summed E-state index contributed by atoms with van der Waals surface area (Å²) in [4.78, 5) is 0. The van der Waals surface area contributed by atoms with Gasteiger partial charge in [-0.1, -0.05) is 60.7 Å². The highest BCUT2D eigenvalue weighted by molar-refractivity contribution is 5.58. The molecular formula is C29H31F3N2O. The first-order chi connectivity index (χ1) is 17.0. The average molecular weight is 481 g/mol. The van der Waals surface area contributed by atoms with Crippen LogP contribution in [0.15, 0.2) is 78.9 Å². The summed E-state index contributed by atoms with van der Waals surface area (Å²) in [6, 6.07) is 24.5. The van der Waals surface area contributed by atoms with Crippen LogP contribution in [0.5, 0.6) is 0 Å². The number of benzene rings is 3. The summed E-state index contributed by atoms with van der Waals surface area (Å²) in [6.45, 7) is 1.58. The van der Waals surface area contributed by atoms with Crippen molar-refractivity contribution in [2.75, 3.05) is 18.4 Å². The van der Waals surface area contributed by atoms with E-state index in [1.165, 1.54) is 11.6 Å². The number of alkyl halides is 3. The summed E-state index contributed by atoms with van der Waals surface area (Å²) in [5, 5.41) is 7.02. The van der Waals surface area contributed by atoms with Crippen LogP contribution in [0.1, 0.15) is 53.7 Å². The normalized spacial score (nSPS) is 23.7. The van der Waals surface area contributed by atoms with E-state index in [9.17, 15) is 13.2 Å². The zero-order valence-electron chi connectivity index (χ0n) is 19.6. The lowest BCUT2D eigenvalue weighted by atomic mass is 9.76. The molecule has 0 bridgehead atoms. The molecule has 2 aliphatic rings. The summed E-state index contributed by atoms with van der Waals surface area (Å²) in [6.07, 6.45) is -0.957. The van der Waals surface area contributed by atoms with Gasteiger partial charge >= 0.3 is 6.18 Å². The van der Waals surface area contributed by atoms with Gasteiger partial charge in [-0.15, -0.1) is 0 Å². The molecule has 0 aromatic heterocycles. The van der Waals surface area contributed by atoms with Gasteiger partial charge in [0.1, 0.15) is 0 Å². The van der Waals surface area contributed by atoms with Crippen molar-refractivity contribution < 1.29 is 17.9 Å². The largest absolute Gasteiger partial charge is 0.416 e. The van der Waals surface area contributed by atoms with Crippen LogP contribution in [0.4, 0.5) is 18.9 Å². The third-order valence-corrected chi connectivity index (χ3v) is 7.17. The van der Waals surface area contributed by atoms with Crippen molar-refractivity contribution in [1.82, 2.24) is 5.32 Å². The van der Waals surface area contributed by atoms with Gasteiger partial charge in [0.2, 0.25) is 0 Å². The van der Waals surface area contributed by atoms with Crippen LogP contribution in [0, 0.1) is 5.92 Å². The predicted octanol–water partition coefficient (Wildman–Crippen LogP) is 6.93. The zero-order chi connectivity index (χ0) is 24.3. The lowest BCUT2D eigenvalue weighted by Gasteiger charge is -2.46. The Morgan fingerprint density at radius 1 is 0.914 bits per heavy atom. The van der Waals surface area contributed by atoms with E-state index in [1.807, 2.05) is 24.3 Å². The number of aryl methyl sites for hydroxylation is 1. The maximum absolute atomic E-state index is 13.5. The van der Waals surface area contributed by atoms with Gasteiger partial charge in [0.25, 0.3) is 0 Å². The fourth-order valence-corrected chi connectivity index (χ4v) is 5.40. The Balaban J connectivity index is 1.29. The van der Waals surface area contributed by atoms with E-state index in [-0.39, 0.29) is 24.2 Å². The molecule has 0 radical (unpaired) electrons. The lowest BCUT2D eigenvalue weighted by molar-refractivity contribution is -0.138. The van der Waals surface area contributed by atoms with Crippen molar-refractivity contribution in [1.29, 1.82) is 0 Å². The van der Waals surface area contributed by atoms with Gasteiger partial charge in [-0.3, -0.25) is 0 Å². The Kier molecular flexibility index (Phi) is 7.12. The van der Waals surface area contributed by atoms with Gasteiger partial charge in [-0.2, -0.15) is 13.2 Å². The van der Waals surface area contributed by atoms with Crippen LogP contribution in [0.3, 0.4) is 0 Å². The second-order valence-electron chi connectivity index (χ2n) is 9.55. The summed E-state index contributed by atoms with van der Waals surface area (Å²) in [5.41, 5.74) is 3.18. The second kappa shape index (κ2) is 10.4. The van der Waals surface area contributed by atoms with E-state index < -0.39 is 11.7 Å². The SMILES string of the molecule is FC(F)(F)c1ccc2c(c1)[C@H]1O[C@@H](CNCCCc3ccccc3)CC[C@H]1[C@H](c1ccccc1)N2. The third-order valence-electron chi connectivity index (χ3n) is 7.17. The lowest BCUT2D eigenvalue weighted by Crippen LogP contribution is -2.42. The van der Waals surface area contributed by atoms with Crippen molar-refractivity contribution in [2.24, 2.45) is 5.92 Å². The van der Waals surface area contributed by atoms with Crippen molar-refractivity contribution in [3.8, 4) is 0 Å². The monoisotopic (exact) mass is 480 g/mol. The molecule has 3 aromatic carbocycles. The Morgan fingerprint density at radius 2 is 1.66 bits per heavy atom. The minimum atomic E-state index is -4.38. The van der Waals surface area contributed by atoms with Crippen LogP contribution < -0.4 is 10.6 Å². The van der Waals surface area contributed by atoms with E-state index in [0.717, 1.165) is 49.5 Å². The van der Waals surface area contributed by atoms with Gasteiger partial charge in [-0.05, 0) is 61.6 Å². The van der Waals surface area contributed by atoms with Gasteiger partial charge in [0.15, 0.2) is 0 Å². The first-order valence-corrected chi connectivity index (χ1v) is 12.4. The van der Waals surface area contributed by atoms with Crippen molar-refractivity contribution in [2.45, 2.75) is 50.1 Å². The predicted molar refractivity (Wildman–Crippen MR) is 132 cm³/mol. The molecule has 184 valence electrons. The van der Waals surface area contributed by atoms with Gasteiger partial charge in [0, 0.05) is 23.7 Å². The quantitative estimate of drug-likeness (QED) is 0.360. The molecule has 2 N–H and O–H groups in total. The molecule has 3 nitrogen and oxygen atoms in total. The molecule has 35 heavy (non-hydrogen) atoms. The molecule has 0 amide bonds. The molecule has 5 rings (SSSR count).